The Bertz CT molecular complexity index is 1170. The maximum absolute atomic E-state index is 13.4. The third-order valence-corrected chi connectivity index (χ3v) is 6.72. The van der Waals surface area contributed by atoms with Crippen molar-refractivity contribution in [2.45, 2.75) is 43.8 Å². The molecular formula is C21H22FN7. The highest BCUT2D eigenvalue weighted by molar-refractivity contribution is 5.91. The molecule has 0 saturated carbocycles. The summed E-state index contributed by atoms with van der Waals surface area (Å²) in [5.41, 5.74) is 2.98. The van der Waals surface area contributed by atoms with Gasteiger partial charge in [0.05, 0.1) is 17.4 Å². The van der Waals surface area contributed by atoms with Crippen LogP contribution in [0.4, 0.5) is 4.39 Å². The van der Waals surface area contributed by atoms with Gasteiger partial charge in [-0.05, 0) is 57.0 Å². The molecule has 3 aromatic heterocycles. The Hall–Kier alpha value is -3.00. The minimum atomic E-state index is -0.292. The summed E-state index contributed by atoms with van der Waals surface area (Å²) in [5.74, 6) is -0.292. The minimum Gasteiger partial charge on any atom is -0.349 e. The van der Waals surface area contributed by atoms with Crippen molar-refractivity contribution in [1.29, 1.82) is 0 Å². The second-order valence-corrected chi connectivity index (χ2v) is 8.30. The maximum atomic E-state index is 13.4. The second kappa shape index (κ2) is 6.25. The lowest BCUT2D eigenvalue weighted by atomic mass is 9.98. The van der Waals surface area contributed by atoms with E-state index in [0.717, 1.165) is 11.1 Å². The van der Waals surface area contributed by atoms with Crippen molar-refractivity contribution in [2.75, 3.05) is 7.05 Å². The fourth-order valence-electron chi connectivity index (χ4n) is 5.08. The van der Waals surface area contributed by atoms with E-state index in [1.807, 2.05) is 6.20 Å². The lowest BCUT2D eigenvalue weighted by Crippen LogP contribution is -2.40. The third kappa shape index (κ3) is 2.70. The number of benzene rings is 1. The molecule has 148 valence electrons. The molecule has 1 N–H and O–H groups in total. The molecule has 0 aliphatic carbocycles. The van der Waals surface area contributed by atoms with E-state index >= 15 is 0 Å². The molecule has 2 unspecified atom stereocenters. The van der Waals surface area contributed by atoms with Gasteiger partial charge >= 0.3 is 0 Å². The van der Waals surface area contributed by atoms with Crippen LogP contribution in [0.1, 0.15) is 31.7 Å². The Morgan fingerprint density at radius 3 is 2.72 bits per heavy atom. The molecule has 0 radical (unpaired) electrons. The van der Waals surface area contributed by atoms with Crippen LogP contribution >= 0.6 is 0 Å². The van der Waals surface area contributed by atoms with E-state index in [1.165, 1.54) is 37.8 Å². The van der Waals surface area contributed by atoms with Crippen molar-refractivity contribution in [3.05, 3.63) is 48.7 Å². The van der Waals surface area contributed by atoms with Crippen molar-refractivity contribution in [3.8, 4) is 17.1 Å². The van der Waals surface area contributed by atoms with Gasteiger partial charge in [-0.1, -0.05) is 5.21 Å². The summed E-state index contributed by atoms with van der Waals surface area (Å²) in [6.45, 7) is 0. The molecule has 2 bridgehead atoms. The van der Waals surface area contributed by atoms with Crippen LogP contribution in [0.3, 0.4) is 0 Å². The zero-order chi connectivity index (χ0) is 19.5. The van der Waals surface area contributed by atoms with Crippen molar-refractivity contribution >= 4 is 10.9 Å². The second-order valence-electron chi connectivity index (χ2n) is 8.30. The topological polar surface area (TPSA) is 67.6 Å². The highest BCUT2D eigenvalue weighted by atomic mass is 19.1. The number of halogens is 1. The number of rotatable bonds is 3. The monoisotopic (exact) mass is 391 g/mol. The number of hydrogen-bond acceptors (Lipinski definition) is 4. The largest absolute Gasteiger partial charge is 0.349 e. The molecule has 2 aliphatic rings. The highest BCUT2D eigenvalue weighted by Gasteiger charge is 2.38. The zero-order valence-corrected chi connectivity index (χ0v) is 16.2. The summed E-state index contributed by atoms with van der Waals surface area (Å²) in [7, 11) is 2.27. The summed E-state index contributed by atoms with van der Waals surface area (Å²) in [6, 6.07) is 8.63. The van der Waals surface area contributed by atoms with Crippen LogP contribution in [-0.4, -0.2) is 53.8 Å². The minimum absolute atomic E-state index is 0.292. The standard InChI is InChI=1S/C21H22FN7/c1-27-14-3-4-15(27)10-17(9-14)28-7-6-16(11-28)29-12-20(24-26-29)21-18-5-2-13(22)8-19(18)23-25-21/h2,5-8,11-12,14-15,17H,3-4,9-10H2,1H3,(H,23,25). The Morgan fingerprint density at radius 1 is 1.07 bits per heavy atom. The predicted molar refractivity (Wildman–Crippen MR) is 107 cm³/mol. The molecule has 2 atom stereocenters. The first-order valence-electron chi connectivity index (χ1n) is 10.1. The Kier molecular flexibility index (Phi) is 3.64. The first-order chi connectivity index (χ1) is 14.2. The molecule has 8 heteroatoms. The average Bonchev–Trinajstić information content (AvgIpc) is 3.47. The van der Waals surface area contributed by atoms with Gasteiger partial charge in [-0.15, -0.1) is 5.10 Å². The normalized spacial score (nSPS) is 24.6. The molecule has 2 aliphatic heterocycles. The van der Waals surface area contributed by atoms with Gasteiger partial charge in [0, 0.05) is 35.9 Å². The number of aromatic amines is 1. The van der Waals surface area contributed by atoms with Gasteiger partial charge < -0.3 is 9.47 Å². The molecule has 1 aromatic carbocycles. The molecular weight excluding hydrogens is 369 g/mol. The van der Waals surface area contributed by atoms with E-state index < -0.39 is 0 Å². The van der Waals surface area contributed by atoms with Gasteiger partial charge in [0.25, 0.3) is 0 Å². The molecule has 0 spiro atoms. The third-order valence-electron chi connectivity index (χ3n) is 6.72. The van der Waals surface area contributed by atoms with Gasteiger partial charge in [0.15, 0.2) is 0 Å². The summed E-state index contributed by atoms with van der Waals surface area (Å²) < 4.78 is 17.5. The summed E-state index contributed by atoms with van der Waals surface area (Å²) in [5, 5.41) is 16.6. The van der Waals surface area contributed by atoms with Gasteiger partial charge in [0.1, 0.15) is 17.2 Å². The van der Waals surface area contributed by atoms with Crippen LogP contribution in [0.25, 0.3) is 28.0 Å². The number of aromatic nitrogens is 6. The Balaban J connectivity index is 1.28. The lowest BCUT2D eigenvalue weighted by Gasteiger charge is -2.37. The fourth-order valence-corrected chi connectivity index (χ4v) is 5.08. The van der Waals surface area contributed by atoms with E-state index in [2.05, 4.69) is 55.5 Å². The smallest absolute Gasteiger partial charge is 0.134 e. The lowest BCUT2D eigenvalue weighted by molar-refractivity contribution is 0.137. The van der Waals surface area contributed by atoms with Crippen LogP contribution in [0.2, 0.25) is 0 Å². The first-order valence-corrected chi connectivity index (χ1v) is 10.1. The van der Waals surface area contributed by atoms with E-state index in [0.29, 0.717) is 35.0 Å². The van der Waals surface area contributed by atoms with Crippen LogP contribution in [0.15, 0.2) is 42.9 Å². The van der Waals surface area contributed by atoms with E-state index in [4.69, 9.17) is 0 Å². The number of piperidine rings is 1. The van der Waals surface area contributed by atoms with Gasteiger partial charge in [-0.2, -0.15) is 5.10 Å². The van der Waals surface area contributed by atoms with Crippen molar-refractivity contribution in [3.63, 3.8) is 0 Å². The van der Waals surface area contributed by atoms with E-state index in [9.17, 15) is 4.39 Å². The number of nitrogens with zero attached hydrogens (tertiary/aromatic N) is 6. The SMILES string of the molecule is CN1C2CCC1CC(n1ccc(-n3cc(-c4n[nH]c5cc(F)ccc45)nn3)c1)C2. The molecule has 6 rings (SSSR count). The van der Waals surface area contributed by atoms with Crippen LogP contribution in [-0.2, 0) is 0 Å². The molecule has 4 aromatic rings. The number of H-pyrrole nitrogens is 1. The highest BCUT2D eigenvalue weighted by Crippen LogP contribution is 2.40. The summed E-state index contributed by atoms with van der Waals surface area (Å²) >= 11 is 0. The zero-order valence-electron chi connectivity index (χ0n) is 16.2. The van der Waals surface area contributed by atoms with Gasteiger partial charge in [0.2, 0.25) is 0 Å². The quantitative estimate of drug-likeness (QED) is 0.580. The molecule has 5 heterocycles. The van der Waals surface area contributed by atoms with Crippen LogP contribution < -0.4 is 0 Å². The average molecular weight is 391 g/mol. The molecule has 7 nitrogen and oxygen atoms in total. The fraction of sp³-hybridized carbons (Fsp3) is 0.381. The Labute approximate surface area is 167 Å². The first kappa shape index (κ1) is 16.9. The number of hydrogen-bond donors (Lipinski definition) is 1. The van der Waals surface area contributed by atoms with Crippen molar-refractivity contribution < 1.29 is 4.39 Å². The number of fused-ring (bicyclic) bond motifs is 3. The number of nitrogens with one attached hydrogen (secondary N) is 1. The summed E-state index contributed by atoms with van der Waals surface area (Å²) in [4.78, 5) is 2.56. The van der Waals surface area contributed by atoms with Crippen molar-refractivity contribution in [1.82, 2.24) is 34.7 Å². The molecule has 2 saturated heterocycles. The molecule has 29 heavy (non-hydrogen) atoms. The maximum Gasteiger partial charge on any atom is 0.134 e. The van der Waals surface area contributed by atoms with Crippen LogP contribution in [0.5, 0.6) is 0 Å². The molecule has 2 fully saturated rings. The molecule has 0 amide bonds. The Morgan fingerprint density at radius 2 is 1.90 bits per heavy atom. The van der Waals surface area contributed by atoms with Gasteiger partial charge in [-0.25, -0.2) is 9.07 Å². The van der Waals surface area contributed by atoms with E-state index in [-0.39, 0.29) is 5.82 Å². The van der Waals surface area contributed by atoms with Crippen LogP contribution in [0, 0.1) is 5.82 Å². The van der Waals surface area contributed by atoms with E-state index in [1.54, 1.807) is 10.7 Å². The van der Waals surface area contributed by atoms with Gasteiger partial charge in [-0.3, -0.25) is 5.10 Å². The summed E-state index contributed by atoms with van der Waals surface area (Å²) in [6.07, 6.45) is 11.2. The van der Waals surface area contributed by atoms with Crippen molar-refractivity contribution in [2.24, 2.45) is 0 Å². The predicted octanol–water partition coefficient (Wildman–Crippen LogP) is 3.55.